The largest absolute Gasteiger partial charge is 0.368 e. The molecule has 0 bridgehead atoms. The van der Waals surface area contributed by atoms with Crippen molar-refractivity contribution in [1.29, 1.82) is 0 Å². The summed E-state index contributed by atoms with van der Waals surface area (Å²) in [7, 11) is 0. The van der Waals surface area contributed by atoms with Gasteiger partial charge in [0.25, 0.3) is 5.91 Å². The minimum absolute atomic E-state index is 0.0743. The second-order valence-electron chi connectivity index (χ2n) is 5.69. The second-order valence-corrected chi connectivity index (χ2v) is 6.13. The van der Waals surface area contributed by atoms with Gasteiger partial charge in [-0.2, -0.15) is 0 Å². The zero-order chi connectivity index (χ0) is 17.6. The molecule has 0 unspecified atom stereocenters. The molecule has 1 N–H and O–H groups in total. The molecule has 1 fully saturated rings. The van der Waals surface area contributed by atoms with Crippen molar-refractivity contribution >= 4 is 29.1 Å². The summed E-state index contributed by atoms with van der Waals surface area (Å²) in [5.41, 5.74) is 1.48. The molecule has 0 atom stereocenters. The van der Waals surface area contributed by atoms with Gasteiger partial charge in [0.2, 0.25) is 5.95 Å². The number of carbonyl (C=O) groups excluding carboxylic acids is 1. The van der Waals surface area contributed by atoms with Crippen molar-refractivity contribution < 1.29 is 4.79 Å². The molecule has 0 radical (unpaired) electrons. The van der Waals surface area contributed by atoms with Crippen molar-refractivity contribution in [2.45, 2.75) is 0 Å². The van der Waals surface area contributed by atoms with Crippen molar-refractivity contribution in [3.8, 4) is 0 Å². The maximum atomic E-state index is 12.7. The van der Waals surface area contributed by atoms with Gasteiger partial charge in [-0.25, -0.2) is 9.97 Å². The van der Waals surface area contributed by atoms with E-state index >= 15 is 0 Å². The highest BCUT2D eigenvalue weighted by Crippen LogP contribution is 2.21. The lowest BCUT2D eigenvalue weighted by Crippen LogP contribution is -2.49. The molecule has 1 aromatic carbocycles. The first-order valence-corrected chi connectivity index (χ1v) is 8.53. The number of rotatable bonds is 5. The minimum atomic E-state index is -0.0743. The molecule has 0 aliphatic carbocycles. The summed E-state index contributed by atoms with van der Waals surface area (Å²) in [6.45, 7) is 7.00. The first-order valence-electron chi connectivity index (χ1n) is 8.15. The number of aromatic nitrogens is 2. The first-order chi connectivity index (χ1) is 12.2. The fourth-order valence-electron chi connectivity index (χ4n) is 2.73. The predicted octanol–water partition coefficient (Wildman–Crippen LogP) is 2.69. The van der Waals surface area contributed by atoms with Gasteiger partial charge in [0.15, 0.2) is 0 Å². The van der Waals surface area contributed by atoms with E-state index in [-0.39, 0.29) is 5.91 Å². The van der Waals surface area contributed by atoms with Crippen LogP contribution in [0.1, 0.15) is 10.5 Å². The predicted molar refractivity (Wildman–Crippen MR) is 100 cm³/mol. The van der Waals surface area contributed by atoms with E-state index < -0.39 is 0 Å². The number of carbonyl (C=O) groups is 1. The average molecular weight is 358 g/mol. The zero-order valence-corrected chi connectivity index (χ0v) is 14.6. The van der Waals surface area contributed by atoms with Gasteiger partial charge in [-0.3, -0.25) is 4.79 Å². The van der Waals surface area contributed by atoms with Crippen LogP contribution in [0.4, 0.5) is 11.6 Å². The molecule has 3 rings (SSSR count). The van der Waals surface area contributed by atoms with Crippen LogP contribution in [0.15, 0.2) is 49.2 Å². The Hall–Kier alpha value is -2.60. The number of nitrogens with zero attached hydrogens (tertiary/aromatic N) is 4. The Bertz CT molecular complexity index is 759. The summed E-state index contributed by atoms with van der Waals surface area (Å²) < 4.78 is 0. The molecule has 1 aliphatic heterocycles. The molecule has 25 heavy (non-hydrogen) atoms. The van der Waals surface area contributed by atoms with Crippen molar-refractivity contribution in [2.24, 2.45) is 0 Å². The van der Waals surface area contributed by atoms with E-state index in [0.29, 0.717) is 31.3 Å². The van der Waals surface area contributed by atoms with Crippen LogP contribution in [0.5, 0.6) is 0 Å². The third-order valence-corrected chi connectivity index (χ3v) is 4.25. The normalized spacial score (nSPS) is 14.3. The molecule has 1 amide bonds. The molecule has 6 nitrogen and oxygen atoms in total. The third kappa shape index (κ3) is 4.28. The summed E-state index contributed by atoms with van der Waals surface area (Å²) in [5, 5.41) is 3.71. The number of benzene rings is 1. The molecule has 2 aromatic rings. The Morgan fingerprint density at radius 2 is 2.08 bits per heavy atom. The Morgan fingerprint density at radius 1 is 1.28 bits per heavy atom. The van der Waals surface area contributed by atoms with Crippen LogP contribution in [0.3, 0.4) is 0 Å². The number of amides is 1. The fraction of sp³-hybridized carbons (Fsp3) is 0.278. The molecular weight excluding hydrogens is 338 g/mol. The number of nitrogens with one attached hydrogen (secondary N) is 1. The van der Waals surface area contributed by atoms with Crippen molar-refractivity contribution in [1.82, 2.24) is 14.9 Å². The molecule has 7 heteroatoms. The van der Waals surface area contributed by atoms with E-state index in [2.05, 4.69) is 26.8 Å². The Morgan fingerprint density at radius 3 is 2.80 bits per heavy atom. The van der Waals surface area contributed by atoms with E-state index in [9.17, 15) is 4.79 Å². The number of halogens is 1. The van der Waals surface area contributed by atoms with Gasteiger partial charge >= 0.3 is 0 Å². The minimum Gasteiger partial charge on any atom is -0.368 e. The molecule has 1 aliphatic rings. The Labute approximate surface area is 152 Å². The van der Waals surface area contributed by atoms with Crippen molar-refractivity contribution in [3.63, 3.8) is 0 Å². The quantitative estimate of drug-likeness (QED) is 0.834. The third-order valence-electron chi connectivity index (χ3n) is 4.02. The highest BCUT2D eigenvalue weighted by Gasteiger charge is 2.23. The molecule has 1 aromatic heterocycles. The lowest BCUT2D eigenvalue weighted by atomic mass is 10.2. The summed E-state index contributed by atoms with van der Waals surface area (Å²) in [5.74, 6) is 0.359. The number of anilines is 2. The SMILES string of the molecule is C=CCNc1nccc(C(=O)N2CCN(c3cccc(Cl)c3)CC2)n1. The fourth-order valence-corrected chi connectivity index (χ4v) is 2.91. The maximum Gasteiger partial charge on any atom is 0.272 e. The number of hydrogen-bond acceptors (Lipinski definition) is 5. The van der Waals surface area contributed by atoms with Gasteiger partial charge in [0.05, 0.1) is 0 Å². The Balaban J connectivity index is 1.62. The van der Waals surface area contributed by atoms with Gasteiger partial charge in [-0.1, -0.05) is 23.7 Å². The van der Waals surface area contributed by atoms with E-state index in [1.165, 1.54) is 0 Å². The van der Waals surface area contributed by atoms with Gasteiger partial charge in [-0.05, 0) is 24.3 Å². The smallest absolute Gasteiger partial charge is 0.272 e. The van der Waals surface area contributed by atoms with Crippen LogP contribution in [-0.4, -0.2) is 53.5 Å². The summed E-state index contributed by atoms with van der Waals surface area (Å²) in [6, 6.07) is 9.42. The lowest BCUT2D eigenvalue weighted by Gasteiger charge is -2.36. The van der Waals surface area contributed by atoms with Crippen molar-refractivity contribution in [2.75, 3.05) is 42.9 Å². The van der Waals surface area contributed by atoms with Crippen molar-refractivity contribution in [3.05, 3.63) is 59.9 Å². The van der Waals surface area contributed by atoms with E-state index in [1.54, 1.807) is 18.3 Å². The van der Waals surface area contributed by atoms with Crippen LogP contribution >= 0.6 is 11.6 Å². The van der Waals surface area contributed by atoms with Gasteiger partial charge in [-0.15, -0.1) is 6.58 Å². The van der Waals surface area contributed by atoms with Crippen LogP contribution < -0.4 is 10.2 Å². The standard InChI is InChI=1S/C18H20ClN5O/c1-2-7-20-18-21-8-6-16(22-18)17(25)24-11-9-23(10-12-24)15-5-3-4-14(19)13-15/h2-6,8,13H,1,7,9-12H2,(H,20,21,22). The van der Waals surface area contributed by atoms with Crippen LogP contribution in [0, 0.1) is 0 Å². The van der Waals surface area contributed by atoms with E-state index in [0.717, 1.165) is 23.8 Å². The number of hydrogen-bond donors (Lipinski definition) is 1. The van der Waals surface area contributed by atoms with Gasteiger partial charge in [0.1, 0.15) is 5.69 Å². The zero-order valence-electron chi connectivity index (χ0n) is 13.9. The number of piperazine rings is 1. The topological polar surface area (TPSA) is 61.4 Å². The molecular formula is C18H20ClN5O. The average Bonchev–Trinajstić information content (AvgIpc) is 2.66. The lowest BCUT2D eigenvalue weighted by molar-refractivity contribution is 0.0741. The molecule has 130 valence electrons. The molecule has 2 heterocycles. The van der Waals surface area contributed by atoms with Crippen LogP contribution in [-0.2, 0) is 0 Å². The summed E-state index contributed by atoms with van der Waals surface area (Å²) >= 11 is 6.06. The van der Waals surface area contributed by atoms with E-state index in [1.807, 2.05) is 29.2 Å². The second kappa shape index (κ2) is 7.98. The van der Waals surface area contributed by atoms with Gasteiger partial charge in [0, 0.05) is 49.6 Å². The van der Waals surface area contributed by atoms with Crippen LogP contribution in [0.2, 0.25) is 5.02 Å². The molecule has 0 saturated carbocycles. The van der Waals surface area contributed by atoms with Crippen LogP contribution in [0.25, 0.3) is 0 Å². The molecule has 0 spiro atoms. The van der Waals surface area contributed by atoms with Gasteiger partial charge < -0.3 is 15.1 Å². The molecule has 1 saturated heterocycles. The highest BCUT2D eigenvalue weighted by molar-refractivity contribution is 6.30. The summed E-state index contributed by atoms with van der Waals surface area (Å²) in [6.07, 6.45) is 3.31. The maximum absolute atomic E-state index is 12.7. The highest BCUT2D eigenvalue weighted by atomic mass is 35.5. The summed E-state index contributed by atoms with van der Waals surface area (Å²) in [4.78, 5) is 25.1. The Kier molecular flexibility index (Phi) is 5.50. The monoisotopic (exact) mass is 357 g/mol. The first kappa shape index (κ1) is 17.2. The van der Waals surface area contributed by atoms with E-state index in [4.69, 9.17) is 11.6 Å².